The van der Waals surface area contributed by atoms with Gasteiger partial charge in [0.05, 0.1) is 11.9 Å². The van der Waals surface area contributed by atoms with Gasteiger partial charge >= 0.3 is 0 Å². The first kappa shape index (κ1) is 15.1. The van der Waals surface area contributed by atoms with Crippen molar-refractivity contribution in [1.29, 1.82) is 0 Å². The third-order valence-corrected chi connectivity index (χ3v) is 4.14. The van der Waals surface area contributed by atoms with Crippen molar-refractivity contribution in [3.63, 3.8) is 0 Å². The van der Waals surface area contributed by atoms with E-state index in [4.69, 9.17) is 4.74 Å². The van der Waals surface area contributed by atoms with Crippen molar-refractivity contribution in [3.8, 4) is 0 Å². The fraction of sp³-hybridized carbons (Fsp3) is 0.615. The van der Waals surface area contributed by atoms with Crippen LogP contribution in [0, 0.1) is 13.8 Å². The zero-order valence-corrected chi connectivity index (χ0v) is 12.5. The second-order valence-electron chi connectivity index (χ2n) is 4.81. The monoisotopic (exact) mass is 297 g/mol. The number of ether oxygens (including phenoxy) is 1. The molecule has 2 N–H and O–H groups in total. The van der Waals surface area contributed by atoms with E-state index in [2.05, 4.69) is 15.3 Å². The maximum Gasteiger partial charge on any atom is 0.254 e. The number of thioether (sulfide) groups is 1. The van der Waals surface area contributed by atoms with Gasteiger partial charge in [-0.3, -0.25) is 9.59 Å². The summed E-state index contributed by atoms with van der Waals surface area (Å²) in [7, 11) is 0. The summed E-state index contributed by atoms with van der Waals surface area (Å²) in [6, 6.07) is 0. The van der Waals surface area contributed by atoms with Crippen molar-refractivity contribution in [1.82, 2.24) is 15.3 Å². The summed E-state index contributed by atoms with van der Waals surface area (Å²) in [5, 5.41) is 3.31. The molecule has 110 valence electrons. The van der Waals surface area contributed by atoms with Gasteiger partial charge in [-0.2, -0.15) is 0 Å². The molecule has 2 heterocycles. The number of aromatic amines is 1. The van der Waals surface area contributed by atoms with Crippen LogP contribution >= 0.6 is 11.8 Å². The van der Waals surface area contributed by atoms with Crippen LogP contribution in [0.2, 0.25) is 0 Å². The largest absolute Gasteiger partial charge is 0.376 e. The fourth-order valence-electron chi connectivity index (χ4n) is 1.91. The minimum Gasteiger partial charge on any atom is -0.376 e. The Kier molecular flexibility index (Phi) is 5.19. The van der Waals surface area contributed by atoms with E-state index in [1.165, 1.54) is 11.8 Å². The first-order chi connectivity index (χ1) is 9.56. The molecule has 1 aliphatic rings. The Morgan fingerprint density at radius 2 is 2.35 bits per heavy atom. The van der Waals surface area contributed by atoms with Gasteiger partial charge in [-0.1, -0.05) is 11.8 Å². The first-order valence-electron chi connectivity index (χ1n) is 6.65. The molecule has 1 aromatic rings. The summed E-state index contributed by atoms with van der Waals surface area (Å²) in [6.07, 6.45) is 2.20. The van der Waals surface area contributed by atoms with E-state index in [9.17, 15) is 9.59 Å². The lowest BCUT2D eigenvalue weighted by Gasteiger charge is -2.10. The second-order valence-corrected chi connectivity index (χ2v) is 5.77. The number of H-pyrrole nitrogens is 1. The quantitative estimate of drug-likeness (QED) is 0.619. The SMILES string of the molecule is Cc1nc(SCC(=O)NC[C@@H]2CCCO2)[nH]c(=O)c1C. The normalized spacial score (nSPS) is 18.2. The van der Waals surface area contributed by atoms with Gasteiger partial charge in [0.25, 0.3) is 5.56 Å². The van der Waals surface area contributed by atoms with Gasteiger partial charge in [-0.25, -0.2) is 4.98 Å². The molecule has 0 aromatic carbocycles. The average molecular weight is 297 g/mol. The maximum absolute atomic E-state index is 11.7. The van der Waals surface area contributed by atoms with Crippen LogP contribution in [0.3, 0.4) is 0 Å². The molecule has 0 aliphatic carbocycles. The highest BCUT2D eigenvalue weighted by atomic mass is 32.2. The molecular weight excluding hydrogens is 278 g/mol. The predicted molar refractivity (Wildman–Crippen MR) is 77.0 cm³/mol. The summed E-state index contributed by atoms with van der Waals surface area (Å²) in [4.78, 5) is 30.2. The molecular formula is C13H19N3O3S. The molecule has 1 saturated heterocycles. The first-order valence-corrected chi connectivity index (χ1v) is 7.63. The van der Waals surface area contributed by atoms with Crippen molar-refractivity contribution in [2.75, 3.05) is 18.9 Å². The molecule has 1 fully saturated rings. The topological polar surface area (TPSA) is 84.1 Å². The van der Waals surface area contributed by atoms with Gasteiger partial charge in [-0.05, 0) is 26.7 Å². The Morgan fingerprint density at radius 1 is 1.55 bits per heavy atom. The molecule has 2 rings (SSSR count). The Labute approximate surface area is 121 Å². The molecule has 1 aliphatic heterocycles. The maximum atomic E-state index is 11.7. The summed E-state index contributed by atoms with van der Waals surface area (Å²) in [6.45, 7) is 4.84. The third-order valence-electron chi connectivity index (χ3n) is 3.26. The van der Waals surface area contributed by atoms with Crippen LogP contribution in [-0.4, -0.2) is 40.9 Å². The average Bonchev–Trinajstić information content (AvgIpc) is 2.93. The van der Waals surface area contributed by atoms with Crippen LogP contribution < -0.4 is 10.9 Å². The highest BCUT2D eigenvalue weighted by Gasteiger charge is 2.16. The van der Waals surface area contributed by atoms with Gasteiger partial charge in [-0.15, -0.1) is 0 Å². The molecule has 1 aromatic heterocycles. The molecule has 0 radical (unpaired) electrons. The van der Waals surface area contributed by atoms with Crippen LogP contribution in [0.5, 0.6) is 0 Å². The number of carbonyl (C=O) groups excluding carboxylic acids is 1. The number of aromatic nitrogens is 2. The van der Waals surface area contributed by atoms with E-state index in [1.54, 1.807) is 13.8 Å². The highest BCUT2D eigenvalue weighted by molar-refractivity contribution is 7.99. The molecule has 1 atom stereocenters. The molecule has 0 unspecified atom stereocenters. The number of rotatable bonds is 5. The Balaban J connectivity index is 1.79. The Morgan fingerprint density at radius 3 is 3.00 bits per heavy atom. The zero-order valence-electron chi connectivity index (χ0n) is 11.7. The van der Waals surface area contributed by atoms with Crippen LogP contribution in [0.4, 0.5) is 0 Å². The lowest BCUT2D eigenvalue weighted by atomic mass is 10.2. The van der Waals surface area contributed by atoms with Crippen molar-refractivity contribution >= 4 is 17.7 Å². The standard InChI is InChI=1S/C13H19N3O3S/c1-8-9(2)15-13(16-12(8)18)20-7-11(17)14-6-10-4-3-5-19-10/h10H,3-7H2,1-2H3,(H,14,17)(H,15,16,18)/t10-/m0/s1. The van der Waals surface area contributed by atoms with E-state index in [0.717, 1.165) is 19.4 Å². The van der Waals surface area contributed by atoms with Gasteiger partial charge in [0.2, 0.25) is 5.91 Å². The number of carbonyl (C=O) groups is 1. The number of hydrogen-bond acceptors (Lipinski definition) is 5. The Hall–Kier alpha value is -1.34. The predicted octanol–water partition coefficient (Wildman–Crippen LogP) is 0.774. The minimum atomic E-state index is -0.153. The van der Waals surface area contributed by atoms with Crippen LogP contribution in [0.25, 0.3) is 0 Å². The van der Waals surface area contributed by atoms with Gasteiger partial charge in [0.15, 0.2) is 5.16 Å². The van der Waals surface area contributed by atoms with Crippen molar-refractivity contribution in [2.45, 2.75) is 37.9 Å². The van der Waals surface area contributed by atoms with Crippen LogP contribution in [-0.2, 0) is 9.53 Å². The third kappa shape index (κ3) is 4.08. The molecule has 0 bridgehead atoms. The smallest absolute Gasteiger partial charge is 0.254 e. The summed E-state index contributed by atoms with van der Waals surface area (Å²) < 4.78 is 5.43. The van der Waals surface area contributed by atoms with Crippen molar-refractivity contribution in [2.24, 2.45) is 0 Å². The second kappa shape index (κ2) is 6.90. The minimum absolute atomic E-state index is 0.0774. The summed E-state index contributed by atoms with van der Waals surface area (Å²) in [5.74, 6) is 0.157. The Bertz CT molecular complexity index is 538. The van der Waals surface area contributed by atoms with E-state index in [0.29, 0.717) is 23.0 Å². The van der Waals surface area contributed by atoms with Crippen LogP contribution in [0.1, 0.15) is 24.1 Å². The molecule has 7 heteroatoms. The van der Waals surface area contributed by atoms with E-state index < -0.39 is 0 Å². The number of nitrogens with one attached hydrogen (secondary N) is 2. The van der Waals surface area contributed by atoms with E-state index in [1.807, 2.05) is 0 Å². The summed E-state index contributed by atoms with van der Waals surface area (Å²) in [5.41, 5.74) is 1.15. The van der Waals surface area contributed by atoms with Crippen molar-refractivity contribution in [3.05, 3.63) is 21.6 Å². The zero-order chi connectivity index (χ0) is 14.5. The molecule has 6 nitrogen and oxygen atoms in total. The summed E-state index contributed by atoms with van der Waals surface area (Å²) >= 11 is 1.23. The van der Waals surface area contributed by atoms with E-state index >= 15 is 0 Å². The fourth-order valence-corrected chi connectivity index (χ4v) is 2.64. The molecule has 0 saturated carbocycles. The lowest BCUT2D eigenvalue weighted by molar-refractivity contribution is -0.119. The lowest BCUT2D eigenvalue weighted by Crippen LogP contribution is -2.33. The number of aryl methyl sites for hydroxylation is 1. The number of nitrogens with zero attached hydrogens (tertiary/aromatic N) is 1. The van der Waals surface area contributed by atoms with Gasteiger partial charge in [0, 0.05) is 24.4 Å². The van der Waals surface area contributed by atoms with E-state index in [-0.39, 0.29) is 23.3 Å². The van der Waals surface area contributed by atoms with Crippen molar-refractivity contribution < 1.29 is 9.53 Å². The molecule has 0 spiro atoms. The van der Waals surface area contributed by atoms with Gasteiger partial charge in [0.1, 0.15) is 0 Å². The highest BCUT2D eigenvalue weighted by Crippen LogP contribution is 2.13. The number of hydrogen-bond donors (Lipinski definition) is 2. The molecule has 1 amide bonds. The number of amides is 1. The molecule has 20 heavy (non-hydrogen) atoms. The van der Waals surface area contributed by atoms with Crippen LogP contribution in [0.15, 0.2) is 9.95 Å². The van der Waals surface area contributed by atoms with Gasteiger partial charge < -0.3 is 15.0 Å².